The SMILES string of the molecule is COc1cc(-c2nccc3nc(Nc4ccc(F)cc4)nn23)cc(OC)c1OC. The fraction of sp³-hybridized carbons (Fsp3) is 0.150. The van der Waals surface area contributed by atoms with E-state index < -0.39 is 0 Å². The number of methoxy groups -OCH3 is 3. The Bertz CT molecular complexity index is 1140. The minimum Gasteiger partial charge on any atom is -0.493 e. The first-order valence-electron chi connectivity index (χ1n) is 8.67. The molecule has 2 aromatic heterocycles. The van der Waals surface area contributed by atoms with Crippen LogP contribution in [0.15, 0.2) is 48.7 Å². The van der Waals surface area contributed by atoms with Gasteiger partial charge in [-0.05, 0) is 36.4 Å². The van der Waals surface area contributed by atoms with Gasteiger partial charge in [-0.1, -0.05) is 0 Å². The van der Waals surface area contributed by atoms with Gasteiger partial charge in [0.1, 0.15) is 5.82 Å². The lowest BCUT2D eigenvalue weighted by Crippen LogP contribution is -2.00. The van der Waals surface area contributed by atoms with E-state index in [2.05, 4.69) is 20.4 Å². The molecule has 1 N–H and O–H groups in total. The number of anilines is 2. The number of nitrogens with zero attached hydrogens (tertiary/aromatic N) is 4. The van der Waals surface area contributed by atoms with Crippen LogP contribution in [0.1, 0.15) is 0 Å². The van der Waals surface area contributed by atoms with Crippen LogP contribution in [0.5, 0.6) is 17.2 Å². The molecule has 0 atom stereocenters. The van der Waals surface area contributed by atoms with Crippen molar-refractivity contribution in [2.24, 2.45) is 0 Å². The normalized spacial score (nSPS) is 10.8. The minimum absolute atomic E-state index is 0.313. The summed E-state index contributed by atoms with van der Waals surface area (Å²) in [6, 6.07) is 11.3. The number of ether oxygens (including phenoxy) is 3. The standard InChI is InChI=1S/C20H18FN5O3/c1-27-15-10-12(11-16(28-2)18(15)29-3)19-22-9-8-17-24-20(25-26(17)19)23-14-6-4-13(21)5-7-14/h4-11H,1-3H3,(H,23,25). The molecule has 0 aliphatic carbocycles. The number of fused-ring (bicyclic) bond motifs is 1. The summed E-state index contributed by atoms with van der Waals surface area (Å²) < 4.78 is 30.9. The van der Waals surface area contributed by atoms with Gasteiger partial charge in [0.05, 0.1) is 21.3 Å². The third-order valence-electron chi connectivity index (χ3n) is 4.28. The number of hydrogen-bond donors (Lipinski definition) is 1. The zero-order valence-corrected chi connectivity index (χ0v) is 16.0. The molecule has 0 amide bonds. The van der Waals surface area contributed by atoms with Crippen LogP contribution >= 0.6 is 0 Å². The van der Waals surface area contributed by atoms with E-state index in [9.17, 15) is 4.39 Å². The molecule has 0 aliphatic rings. The van der Waals surface area contributed by atoms with Crippen molar-refractivity contribution in [2.45, 2.75) is 0 Å². The van der Waals surface area contributed by atoms with Crippen molar-refractivity contribution in [3.63, 3.8) is 0 Å². The van der Waals surface area contributed by atoms with Gasteiger partial charge in [0.2, 0.25) is 11.7 Å². The summed E-state index contributed by atoms with van der Waals surface area (Å²) in [5.41, 5.74) is 1.97. The maximum Gasteiger partial charge on any atom is 0.247 e. The molecular weight excluding hydrogens is 377 g/mol. The second-order valence-corrected chi connectivity index (χ2v) is 6.02. The highest BCUT2D eigenvalue weighted by Crippen LogP contribution is 2.40. The van der Waals surface area contributed by atoms with Gasteiger partial charge >= 0.3 is 0 Å². The molecule has 0 radical (unpaired) electrons. The predicted octanol–water partition coefficient (Wildman–Crippen LogP) is 3.70. The molecule has 2 heterocycles. The maximum absolute atomic E-state index is 13.1. The highest BCUT2D eigenvalue weighted by Gasteiger charge is 2.17. The molecule has 4 aromatic rings. The summed E-state index contributed by atoms with van der Waals surface area (Å²) in [4.78, 5) is 8.90. The molecule has 0 fully saturated rings. The number of halogens is 1. The molecule has 0 aliphatic heterocycles. The third kappa shape index (κ3) is 3.49. The highest BCUT2D eigenvalue weighted by molar-refractivity contribution is 5.68. The van der Waals surface area contributed by atoms with Gasteiger partial charge in [-0.15, -0.1) is 5.10 Å². The molecule has 0 saturated carbocycles. The molecule has 0 bridgehead atoms. The lowest BCUT2D eigenvalue weighted by Gasteiger charge is -2.14. The molecule has 29 heavy (non-hydrogen) atoms. The van der Waals surface area contributed by atoms with Crippen molar-refractivity contribution >= 4 is 17.3 Å². The van der Waals surface area contributed by atoms with Gasteiger partial charge in [0.15, 0.2) is 23.0 Å². The van der Waals surface area contributed by atoms with Crippen LogP contribution in [0.25, 0.3) is 17.0 Å². The summed E-state index contributed by atoms with van der Waals surface area (Å²) in [6.07, 6.45) is 1.64. The summed E-state index contributed by atoms with van der Waals surface area (Å²) in [5, 5.41) is 7.54. The Morgan fingerprint density at radius 3 is 2.24 bits per heavy atom. The second kappa shape index (κ2) is 7.63. The number of hydrogen-bond acceptors (Lipinski definition) is 7. The van der Waals surface area contributed by atoms with Crippen LogP contribution in [-0.2, 0) is 0 Å². The van der Waals surface area contributed by atoms with Crippen molar-refractivity contribution in [1.29, 1.82) is 0 Å². The largest absolute Gasteiger partial charge is 0.493 e. The average Bonchev–Trinajstić information content (AvgIpc) is 3.16. The van der Waals surface area contributed by atoms with E-state index in [-0.39, 0.29) is 5.82 Å². The summed E-state index contributed by atoms with van der Waals surface area (Å²) in [7, 11) is 4.65. The van der Waals surface area contributed by atoms with Crippen LogP contribution in [-0.4, -0.2) is 40.9 Å². The van der Waals surface area contributed by atoms with Crippen molar-refractivity contribution in [2.75, 3.05) is 26.6 Å². The van der Waals surface area contributed by atoms with Crippen molar-refractivity contribution in [3.05, 3.63) is 54.5 Å². The zero-order chi connectivity index (χ0) is 20.4. The quantitative estimate of drug-likeness (QED) is 0.533. The van der Waals surface area contributed by atoms with E-state index in [0.717, 1.165) is 0 Å². The molecule has 0 unspecified atom stereocenters. The summed E-state index contributed by atoms with van der Waals surface area (Å²) in [6.45, 7) is 0. The fourth-order valence-corrected chi connectivity index (χ4v) is 2.94. The molecule has 0 spiro atoms. The molecule has 0 saturated heterocycles. The van der Waals surface area contributed by atoms with Crippen LogP contribution in [0.2, 0.25) is 0 Å². The second-order valence-electron chi connectivity index (χ2n) is 6.02. The van der Waals surface area contributed by atoms with E-state index in [0.29, 0.717) is 45.9 Å². The number of aromatic nitrogens is 4. The highest BCUT2D eigenvalue weighted by atomic mass is 19.1. The predicted molar refractivity (Wildman–Crippen MR) is 106 cm³/mol. The lowest BCUT2D eigenvalue weighted by molar-refractivity contribution is 0.324. The van der Waals surface area contributed by atoms with Crippen molar-refractivity contribution in [1.82, 2.24) is 19.6 Å². The van der Waals surface area contributed by atoms with Crippen LogP contribution in [0.4, 0.5) is 16.0 Å². The topological polar surface area (TPSA) is 82.8 Å². The lowest BCUT2D eigenvalue weighted by atomic mass is 10.1. The molecule has 148 valence electrons. The molecule has 8 nitrogen and oxygen atoms in total. The minimum atomic E-state index is -0.313. The van der Waals surface area contributed by atoms with Crippen molar-refractivity contribution < 1.29 is 18.6 Å². The Balaban J connectivity index is 1.78. The van der Waals surface area contributed by atoms with Crippen LogP contribution in [0.3, 0.4) is 0 Å². The monoisotopic (exact) mass is 395 g/mol. The third-order valence-corrected chi connectivity index (χ3v) is 4.28. The van der Waals surface area contributed by atoms with Gasteiger partial charge in [-0.25, -0.2) is 9.37 Å². The molecule has 9 heteroatoms. The Labute approximate surface area is 165 Å². The maximum atomic E-state index is 13.1. The molecule has 4 rings (SSSR count). The Kier molecular flexibility index (Phi) is 4.86. The van der Waals surface area contributed by atoms with Gasteiger partial charge in [0, 0.05) is 23.5 Å². The van der Waals surface area contributed by atoms with Crippen molar-refractivity contribution in [3.8, 4) is 28.6 Å². The molecular formula is C20H18FN5O3. The summed E-state index contributed by atoms with van der Waals surface area (Å²) in [5.74, 6) is 2.09. The van der Waals surface area contributed by atoms with E-state index in [1.54, 1.807) is 62.4 Å². The van der Waals surface area contributed by atoms with E-state index in [1.165, 1.54) is 12.1 Å². The van der Waals surface area contributed by atoms with E-state index in [1.807, 2.05) is 0 Å². The first kappa shape index (κ1) is 18.5. The number of benzene rings is 2. The average molecular weight is 395 g/mol. The van der Waals surface area contributed by atoms with Crippen LogP contribution in [0, 0.1) is 5.82 Å². The first-order chi connectivity index (χ1) is 14.1. The van der Waals surface area contributed by atoms with Gasteiger partial charge < -0.3 is 19.5 Å². The van der Waals surface area contributed by atoms with Gasteiger partial charge in [0.25, 0.3) is 0 Å². The summed E-state index contributed by atoms with van der Waals surface area (Å²) >= 11 is 0. The number of nitrogens with one attached hydrogen (secondary N) is 1. The Hall–Kier alpha value is -3.88. The molecule has 2 aromatic carbocycles. The zero-order valence-electron chi connectivity index (χ0n) is 16.0. The Morgan fingerprint density at radius 2 is 1.62 bits per heavy atom. The van der Waals surface area contributed by atoms with E-state index in [4.69, 9.17) is 14.2 Å². The number of rotatable bonds is 6. The van der Waals surface area contributed by atoms with Crippen LogP contribution < -0.4 is 19.5 Å². The fourth-order valence-electron chi connectivity index (χ4n) is 2.94. The van der Waals surface area contributed by atoms with E-state index >= 15 is 0 Å². The van der Waals surface area contributed by atoms with Gasteiger partial charge in [-0.2, -0.15) is 9.50 Å². The first-order valence-corrected chi connectivity index (χ1v) is 8.67. The Morgan fingerprint density at radius 1 is 0.931 bits per heavy atom. The van der Waals surface area contributed by atoms with Gasteiger partial charge in [-0.3, -0.25) is 0 Å². The smallest absolute Gasteiger partial charge is 0.247 e.